The summed E-state index contributed by atoms with van der Waals surface area (Å²) in [4.78, 5) is 7.05. The molecule has 0 aromatic carbocycles. The summed E-state index contributed by atoms with van der Waals surface area (Å²) in [6, 6.07) is 3.81. The fourth-order valence-corrected chi connectivity index (χ4v) is 2.68. The highest BCUT2D eigenvalue weighted by Gasteiger charge is 2.16. The van der Waals surface area contributed by atoms with E-state index in [1.54, 1.807) is 6.20 Å². The third-order valence-electron chi connectivity index (χ3n) is 2.36. The average Bonchev–Trinajstić information content (AvgIpc) is 2.30. The molecule has 0 atom stereocenters. The lowest BCUT2D eigenvalue weighted by molar-refractivity contribution is 0.838. The van der Waals surface area contributed by atoms with Crippen LogP contribution in [0.1, 0.15) is 5.56 Å². The smallest absolute Gasteiger partial charge is 0.138 e. The predicted octanol–water partition coefficient (Wildman–Crippen LogP) is 1.27. The van der Waals surface area contributed by atoms with Crippen molar-refractivity contribution < 1.29 is 0 Å². The number of nitrogens with two attached hydrogens (primary N) is 1. The Morgan fingerprint density at radius 3 is 2.87 bits per heavy atom. The van der Waals surface area contributed by atoms with E-state index in [-0.39, 0.29) is 0 Å². The molecule has 0 bridgehead atoms. The van der Waals surface area contributed by atoms with E-state index in [4.69, 9.17) is 18.0 Å². The van der Waals surface area contributed by atoms with Crippen LogP contribution in [0.5, 0.6) is 0 Å². The van der Waals surface area contributed by atoms with Gasteiger partial charge < -0.3 is 10.6 Å². The molecule has 2 rings (SSSR count). The molecule has 1 aliphatic heterocycles. The molecule has 5 heteroatoms. The monoisotopic (exact) mass is 239 g/mol. The van der Waals surface area contributed by atoms with Crippen molar-refractivity contribution in [1.82, 2.24) is 4.98 Å². The normalized spacial score (nSPS) is 16.4. The van der Waals surface area contributed by atoms with E-state index < -0.39 is 0 Å². The SMILES string of the molecule is NC(=S)c1cccnc1N1CCSCC1. The first-order valence-electron chi connectivity index (χ1n) is 4.86. The second-order valence-corrected chi connectivity index (χ2v) is 5.00. The van der Waals surface area contributed by atoms with Crippen LogP contribution in [0.25, 0.3) is 0 Å². The Morgan fingerprint density at radius 1 is 1.47 bits per heavy atom. The van der Waals surface area contributed by atoms with Gasteiger partial charge in [0, 0.05) is 30.8 Å². The molecule has 0 unspecified atom stereocenters. The Morgan fingerprint density at radius 2 is 2.20 bits per heavy atom. The first kappa shape index (κ1) is 10.7. The van der Waals surface area contributed by atoms with E-state index in [1.807, 2.05) is 23.9 Å². The molecule has 1 aromatic heterocycles. The molecule has 0 radical (unpaired) electrons. The Bertz CT molecular complexity index is 361. The van der Waals surface area contributed by atoms with Crippen molar-refractivity contribution in [2.45, 2.75) is 0 Å². The molecule has 1 aromatic rings. The largest absolute Gasteiger partial charge is 0.389 e. The number of anilines is 1. The molecule has 0 amide bonds. The van der Waals surface area contributed by atoms with Crippen molar-refractivity contribution >= 4 is 34.8 Å². The zero-order valence-corrected chi connectivity index (χ0v) is 9.98. The van der Waals surface area contributed by atoms with Crippen molar-refractivity contribution in [1.29, 1.82) is 0 Å². The van der Waals surface area contributed by atoms with Gasteiger partial charge in [-0.25, -0.2) is 4.98 Å². The minimum Gasteiger partial charge on any atom is -0.389 e. The molecule has 0 aliphatic carbocycles. The fourth-order valence-electron chi connectivity index (χ4n) is 1.62. The Labute approximate surface area is 99.1 Å². The molecule has 80 valence electrons. The lowest BCUT2D eigenvalue weighted by Gasteiger charge is -2.28. The van der Waals surface area contributed by atoms with Crippen LogP contribution in [0, 0.1) is 0 Å². The summed E-state index contributed by atoms with van der Waals surface area (Å²) in [6.07, 6.45) is 1.79. The Balaban J connectivity index is 2.29. The zero-order chi connectivity index (χ0) is 10.7. The second-order valence-electron chi connectivity index (χ2n) is 3.34. The number of hydrogen-bond donors (Lipinski definition) is 1. The number of thioether (sulfide) groups is 1. The number of rotatable bonds is 2. The molecule has 0 saturated carbocycles. The van der Waals surface area contributed by atoms with Crippen LogP contribution in [0.4, 0.5) is 5.82 Å². The molecule has 3 nitrogen and oxygen atoms in total. The number of nitrogens with zero attached hydrogens (tertiary/aromatic N) is 2. The quantitative estimate of drug-likeness (QED) is 0.787. The highest BCUT2D eigenvalue weighted by Crippen LogP contribution is 2.20. The standard InChI is InChI=1S/C10H13N3S2/c11-9(14)8-2-1-3-12-10(8)13-4-6-15-7-5-13/h1-3H,4-7H2,(H2,11,14). The van der Waals surface area contributed by atoms with Gasteiger partial charge in [0.1, 0.15) is 10.8 Å². The van der Waals surface area contributed by atoms with Crippen molar-refractivity contribution in [2.75, 3.05) is 29.5 Å². The van der Waals surface area contributed by atoms with Crippen LogP contribution in [0.3, 0.4) is 0 Å². The summed E-state index contributed by atoms with van der Waals surface area (Å²) in [5.41, 5.74) is 6.57. The first-order valence-corrected chi connectivity index (χ1v) is 6.43. The number of hydrogen-bond acceptors (Lipinski definition) is 4. The van der Waals surface area contributed by atoms with Gasteiger partial charge in [-0.15, -0.1) is 0 Å². The lowest BCUT2D eigenvalue weighted by Crippen LogP contribution is -2.34. The Hall–Kier alpha value is -0.810. The minimum atomic E-state index is 0.427. The molecule has 15 heavy (non-hydrogen) atoms. The summed E-state index contributed by atoms with van der Waals surface area (Å²) in [5.74, 6) is 3.23. The summed E-state index contributed by atoms with van der Waals surface area (Å²) in [7, 11) is 0. The molecule has 0 spiro atoms. The van der Waals surface area contributed by atoms with E-state index >= 15 is 0 Å². The van der Waals surface area contributed by atoms with Crippen LogP contribution in [0.15, 0.2) is 18.3 Å². The maximum atomic E-state index is 5.68. The Kier molecular flexibility index (Phi) is 3.43. The molecule has 1 aliphatic rings. The maximum Gasteiger partial charge on any atom is 0.138 e. The van der Waals surface area contributed by atoms with Crippen molar-refractivity contribution in [3.63, 3.8) is 0 Å². The van der Waals surface area contributed by atoms with E-state index in [1.165, 1.54) is 0 Å². The molecule has 1 fully saturated rings. The van der Waals surface area contributed by atoms with Gasteiger partial charge in [-0.2, -0.15) is 11.8 Å². The van der Waals surface area contributed by atoms with Crippen LogP contribution in [-0.4, -0.2) is 34.6 Å². The van der Waals surface area contributed by atoms with Crippen LogP contribution in [0.2, 0.25) is 0 Å². The summed E-state index contributed by atoms with van der Waals surface area (Å²) in [5, 5.41) is 0. The van der Waals surface area contributed by atoms with Gasteiger partial charge in [0.15, 0.2) is 0 Å². The summed E-state index contributed by atoms with van der Waals surface area (Å²) in [6.45, 7) is 2.05. The molecular weight excluding hydrogens is 226 g/mol. The van der Waals surface area contributed by atoms with Crippen molar-refractivity contribution in [2.24, 2.45) is 5.73 Å². The lowest BCUT2D eigenvalue weighted by atomic mass is 10.2. The second kappa shape index (κ2) is 4.81. The minimum absolute atomic E-state index is 0.427. The van der Waals surface area contributed by atoms with Crippen LogP contribution < -0.4 is 10.6 Å². The highest BCUT2D eigenvalue weighted by atomic mass is 32.2. The van der Waals surface area contributed by atoms with Crippen molar-refractivity contribution in [3.05, 3.63) is 23.9 Å². The predicted molar refractivity (Wildman–Crippen MR) is 69.7 cm³/mol. The fraction of sp³-hybridized carbons (Fsp3) is 0.400. The van der Waals surface area contributed by atoms with Crippen molar-refractivity contribution in [3.8, 4) is 0 Å². The molecular formula is C10H13N3S2. The highest BCUT2D eigenvalue weighted by molar-refractivity contribution is 7.99. The van der Waals surface area contributed by atoms with E-state index in [9.17, 15) is 0 Å². The van der Waals surface area contributed by atoms with E-state index in [2.05, 4.69) is 9.88 Å². The topological polar surface area (TPSA) is 42.1 Å². The third-order valence-corrected chi connectivity index (χ3v) is 3.53. The number of thiocarbonyl (C=S) groups is 1. The number of pyridine rings is 1. The van der Waals surface area contributed by atoms with Gasteiger partial charge in [-0.05, 0) is 12.1 Å². The van der Waals surface area contributed by atoms with Crippen LogP contribution in [-0.2, 0) is 0 Å². The van der Waals surface area contributed by atoms with Gasteiger partial charge in [0.2, 0.25) is 0 Å². The van der Waals surface area contributed by atoms with E-state index in [0.29, 0.717) is 4.99 Å². The maximum absolute atomic E-state index is 5.68. The number of aromatic nitrogens is 1. The van der Waals surface area contributed by atoms with Gasteiger partial charge >= 0.3 is 0 Å². The van der Waals surface area contributed by atoms with Gasteiger partial charge in [0.05, 0.1) is 5.56 Å². The van der Waals surface area contributed by atoms with Gasteiger partial charge in [0.25, 0.3) is 0 Å². The van der Waals surface area contributed by atoms with Crippen LogP contribution >= 0.6 is 24.0 Å². The zero-order valence-electron chi connectivity index (χ0n) is 8.35. The van der Waals surface area contributed by atoms with Gasteiger partial charge in [-0.1, -0.05) is 12.2 Å². The first-order chi connectivity index (χ1) is 7.29. The average molecular weight is 239 g/mol. The summed E-state index contributed by atoms with van der Waals surface area (Å²) >= 11 is 7.00. The van der Waals surface area contributed by atoms with E-state index in [0.717, 1.165) is 36.0 Å². The summed E-state index contributed by atoms with van der Waals surface area (Å²) < 4.78 is 0. The molecule has 1 saturated heterocycles. The molecule has 2 N–H and O–H groups in total. The third kappa shape index (κ3) is 2.41. The molecule has 2 heterocycles. The van der Waals surface area contributed by atoms with Gasteiger partial charge in [-0.3, -0.25) is 0 Å².